The Morgan fingerprint density at radius 2 is 2.15 bits per heavy atom. The highest BCUT2D eigenvalue weighted by molar-refractivity contribution is 5.77. The number of hydrazine groups is 1. The molecule has 5 heteroatoms. The van der Waals surface area contributed by atoms with Gasteiger partial charge in [0.15, 0.2) is 0 Å². The van der Waals surface area contributed by atoms with Crippen LogP contribution in [-0.4, -0.2) is 51.8 Å². The van der Waals surface area contributed by atoms with Crippen molar-refractivity contribution in [2.75, 3.05) is 40.9 Å². The van der Waals surface area contributed by atoms with Crippen molar-refractivity contribution in [2.45, 2.75) is 6.42 Å². The molecule has 0 aromatic rings. The molecule has 0 heterocycles. The highest BCUT2D eigenvalue weighted by atomic mass is 16.5. The minimum absolute atomic E-state index is 0.00445. The van der Waals surface area contributed by atoms with Gasteiger partial charge in [0.05, 0.1) is 6.54 Å². The number of amides is 1. The number of hydrogen-bond donors (Lipinski definition) is 2. The molecular formula is C8H19N3O2. The van der Waals surface area contributed by atoms with Crippen molar-refractivity contribution in [3.8, 4) is 0 Å². The number of nitrogens with one attached hydrogen (secondary N) is 2. The molecule has 78 valence electrons. The summed E-state index contributed by atoms with van der Waals surface area (Å²) in [4.78, 5) is 11.1. The molecule has 0 aliphatic rings. The standard InChI is InChI=1S/C8H19N3O2/c1-11(2)10-7-8(12)9-5-4-6-13-3/h10H,4-7H2,1-3H3,(H,9,12). The Balaban J connectivity index is 3.20. The number of rotatable bonds is 7. The third-order valence-corrected chi connectivity index (χ3v) is 1.40. The molecule has 0 aliphatic carbocycles. The molecule has 0 atom stereocenters. The molecule has 0 aliphatic heterocycles. The van der Waals surface area contributed by atoms with Crippen molar-refractivity contribution in [1.82, 2.24) is 15.8 Å². The van der Waals surface area contributed by atoms with Crippen LogP contribution in [-0.2, 0) is 9.53 Å². The summed E-state index contributed by atoms with van der Waals surface area (Å²) in [6.07, 6.45) is 0.851. The minimum Gasteiger partial charge on any atom is -0.385 e. The third-order valence-electron chi connectivity index (χ3n) is 1.40. The van der Waals surface area contributed by atoms with Gasteiger partial charge in [-0.15, -0.1) is 0 Å². The van der Waals surface area contributed by atoms with E-state index in [4.69, 9.17) is 4.74 Å². The summed E-state index contributed by atoms with van der Waals surface area (Å²) < 4.78 is 4.85. The van der Waals surface area contributed by atoms with Crippen molar-refractivity contribution in [3.63, 3.8) is 0 Å². The van der Waals surface area contributed by atoms with Gasteiger partial charge in [-0.1, -0.05) is 0 Å². The topological polar surface area (TPSA) is 53.6 Å². The Morgan fingerprint density at radius 1 is 1.46 bits per heavy atom. The summed E-state index contributed by atoms with van der Waals surface area (Å²) in [5.74, 6) is 0.00445. The maximum Gasteiger partial charge on any atom is 0.235 e. The van der Waals surface area contributed by atoms with E-state index >= 15 is 0 Å². The van der Waals surface area contributed by atoms with E-state index in [2.05, 4.69) is 10.7 Å². The van der Waals surface area contributed by atoms with E-state index in [0.717, 1.165) is 6.42 Å². The van der Waals surface area contributed by atoms with E-state index in [-0.39, 0.29) is 5.91 Å². The molecule has 0 saturated heterocycles. The number of nitrogens with zero attached hydrogens (tertiary/aromatic N) is 1. The van der Waals surface area contributed by atoms with E-state index in [1.165, 1.54) is 0 Å². The van der Waals surface area contributed by atoms with Crippen molar-refractivity contribution in [1.29, 1.82) is 0 Å². The molecule has 0 radical (unpaired) electrons. The second-order valence-electron chi connectivity index (χ2n) is 2.93. The molecule has 0 unspecified atom stereocenters. The van der Waals surface area contributed by atoms with Crippen LogP contribution >= 0.6 is 0 Å². The van der Waals surface area contributed by atoms with E-state index in [9.17, 15) is 4.79 Å². The molecule has 2 N–H and O–H groups in total. The van der Waals surface area contributed by atoms with Crippen LogP contribution < -0.4 is 10.7 Å². The first-order valence-corrected chi connectivity index (χ1v) is 4.33. The average Bonchev–Trinajstić information content (AvgIpc) is 2.09. The van der Waals surface area contributed by atoms with Crippen molar-refractivity contribution < 1.29 is 9.53 Å². The van der Waals surface area contributed by atoms with Gasteiger partial charge in [-0.25, -0.2) is 5.43 Å². The zero-order valence-corrected chi connectivity index (χ0v) is 8.59. The van der Waals surface area contributed by atoms with Gasteiger partial charge in [-0.05, 0) is 6.42 Å². The van der Waals surface area contributed by atoms with Crippen LogP contribution in [0.25, 0.3) is 0 Å². The normalized spacial score (nSPS) is 10.5. The molecule has 0 aromatic carbocycles. The first-order chi connectivity index (χ1) is 6.16. The lowest BCUT2D eigenvalue weighted by molar-refractivity contribution is -0.121. The van der Waals surface area contributed by atoms with Gasteiger partial charge in [0.25, 0.3) is 0 Å². The SMILES string of the molecule is COCCCNC(=O)CNN(C)C. The van der Waals surface area contributed by atoms with Crippen LogP contribution in [0.2, 0.25) is 0 Å². The van der Waals surface area contributed by atoms with Crippen molar-refractivity contribution >= 4 is 5.91 Å². The summed E-state index contributed by atoms with van der Waals surface area (Å²) in [6.45, 7) is 1.67. The molecule has 13 heavy (non-hydrogen) atoms. The molecule has 0 bridgehead atoms. The number of hydrogen-bond acceptors (Lipinski definition) is 4. The van der Waals surface area contributed by atoms with E-state index in [1.54, 1.807) is 12.1 Å². The fourth-order valence-electron chi connectivity index (χ4n) is 0.737. The van der Waals surface area contributed by atoms with Crippen LogP contribution in [0.3, 0.4) is 0 Å². The van der Waals surface area contributed by atoms with Crippen molar-refractivity contribution in [2.24, 2.45) is 0 Å². The number of carbonyl (C=O) groups excluding carboxylic acids is 1. The minimum atomic E-state index is 0.00445. The molecule has 5 nitrogen and oxygen atoms in total. The lowest BCUT2D eigenvalue weighted by atomic mass is 10.4. The Kier molecular flexibility index (Phi) is 7.57. The maximum atomic E-state index is 11.1. The van der Waals surface area contributed by atoms with Crippen LogP contribution in [0.1, 0.15) is 6.42 Å². The smallest absolute Gasteiger partial charge is 0.235 e. The number of methoxy groups -OCH3 is 1. The Labute approximate surface area is 79.4 Å². The predicted molar refractivity (Wildman–Crippen MR) is 51.2 cm³/mol. The fraction of sp³-hybridized carbons (Fsp3) is 0.875. The van der Waals surface area contributed by atoms with Gasteiger partial charge in [0.1, 0.15) is 0 Å². The van der Waals surface area contributed by atoms with E-state index in [1.807, 2.05) is 14.1 Å². The molecule has 0 rings (SSSR count). The predicted octanol–water partition coefficient (Wildman–Crippen LogP) is -0.795. The molecular weight excluding hydrogens is 170 g/mol. The van der Waals surface area contributed by atoms with Gasteiger partial charge in [-0.2, -0.15) is 0 Å². The molecule has 0 aromatic heterocycles. The molecule has 0 fully saturated rings. The van der Waals surface area contributed by atoms with Crippen LogP contribution in [0.5, 0.6) is 0 Å². The Hall–Kier alpha value is -0.650. The fourth-order valence-corrected chi connectivity index (χ4v) is 0.737. The summed E-state index contributed by atoms with van der Waals surface area (Å²) in [6, 6.07) is 0. The summed E-state index contributed by atoms with van der Waals surface area (Å²) in [7, 11) is 5.34. The first kappa shape index (κ1) is 12.3. The van der Waals surface area contributed by atoms with Crippen LogP contribution in [0.4, 0.5) is 0 Å². The zero-order chi connectivity index (χ0) is 10.1. The second kappa shape index (κ2) is 7.97. The molecule has 1 amide bonds. The third kappa shape index (κ3) is 9.26. The lowest BCUT2D eigenvalue weighted by Gasteiger charge is -2.11. The largest absolute Gasteiger partial charge is 0.385 e. The van der Waals surface area contributed by atoms with Crippen LogP contribution in [0, 0.1) is 0 Å². The van der Waals surface area contributed by atoms with Crippen molar-refractivity contribution in [3.05, 3.63) is 0 Å². The zero-order valence-electron chi connectivity index (χ0n) is 8.59. The lowest BCUT2D eigenvalue weighted by Crippen LogP contribution is -2.40. The second-order valence-corrected chi connectivity index (χ2v) is 2.93. The maximum absolute atomic E-state index is 11.1. The summed E-state index contributed by atoms with van der Waals surface area (Å²) in [5.41, 5.74) is 2.88. The van der Waals surface area contributed by atoms with E-state index < -0.39 is 0 Å². The molecule has 0 saturated carbocycles. The summed E-state index contributed by atoms with van der Waals surface area (Å²) >= 11 is 0. The van der Waals surface area contributed by atoms with E-state index in [0.29, 0.717) is 19.7 Å². The van der Waals surface area contributed by atoms with Gasteiger partial charge in [0.2, 0.25) is 5.91 Å². The number of ether oxygens (including phenoxy) is 1. The highest BCUT2D eigenvalue weighted by Gasteiger charge is 1.99. The average molecular weight is 189 g/mol. The first-order valence-electron chi connectivity index (χ1n) is 4.33. The van der Waals surface area contributed by atoms with Gasteiger partial charge < -0.3 is 10.1 Å². The Bertz CT molecular complexity index is 139. The van der Waals surface area contributed by atoms with Crippen LogP contribution in [0.15, 0.2) is 0 Å². The quantitative estimate of drug-likeness (QED) is 0.407. The monoisotopic (exact) mass is 189 g/mol. The Morgan fingerprint density at radius 3 is 2.69 bits per heavy atom. The summed E-state index contributed by atoms with van der Waals surface area (Å²) in [5, 5.41) is 4.51. The molecule has 0 spiro atoms. The number of carbonyl (C=O) groups is 1. The van der Waals surface area contributed by atoms with Gasteiger partial charge >= 0.3 is 0 Å². The van der Waals surface area contributed by atoms with Gasteiger partial charge in [0, 0.05) is 34.4 Å². The highest BCUT2D eigenvalue weighted by Crippen LogP contribution is 1.76. The van der Waals surface area contributed by atoms with Gasteiger partial charge in [-0.3, -0.25) is 9.80 Å².